The average molecular weight is 421 g/mol. The molecule has 0 radical (unpaired) electrons. The molecule has 1 aliphatic rings. The number of nitrogens with two attached hydrogens (primary N) is 2. The summed E-state index contributed by atoms with van der Waals surface area (Å²) in [5.41, 5.74) is 10.5. The van der Waals surface area contributed by atoms with E-state index in [0.717, 1.165) is 17.7 Å². The normalized spacial score (nSPS) is 15.8. The Morgan fingerprint density at radius 2 is 2.10 bits per heavy atom. The van der Waals surface area contributed by atoms with Gasteiger partial charge >= 0.3 is 0 Å². The summed E-state index contributed by atoms with van der Waals surface area (Å²) in [6.45, 7) is 0.496. The first-order valence-electron chi connectivity index (χ1n) is 8.88. The second kappa shape index (κ2) is 8.97. The van der Waals surface area contributed by atoms with Gasteiger partial charge in [0, 0.05) is 13.2 Å². The first-order valence-corrected chi connectivity index (χ1v) is 9.65. The molecule has 9 nitrogen and oxygen atoms in total. The fourth-order valence-electron chi connectivity index (χ4n) is 2.92. The molecule has 0 bridgehead atoms. The first kappa shape index (κ1) is 20.7. The van der Waals surface area contributed by atoms with E-state index in [9.17, 15) is 18.8 Å². The predicted octanol–water partition coefficient (Wildman–Crippen LogP) is 0.905. The van der Waals surface area contributed by atoms with Gasteiger partial charge in [0.05, 0.1) is 17.5 Å². The number of nitrogens with zero attached hydrogens (tertiary/aromatic N) is 2. The Balaban J connectivity index is 1.83. The third-order valence-corrected chi connectivity index (χ3v) is 5.25. The van der Waals surface area contributed by atoms with Crippen molar-refractivity contribution in [2.24, 2.45) is 5.73 Å². The molecule has 0 spiro atoms. The molecule has 1 aromatic carbocycles. The number of primary amides is 1. The zero-order valence-corrected chi connectivity index (χ0v) is 16.2. The fraction of sp³-hybridized carbons (Fsp3) is 0.333. The first-order chi connectivity index (χ1) is 13.9. The summed E-state index contributed by atoms with van der Waals surface area (Å²) in [6, 6.07) is 5.54. The molecule has 29 heavy (non-hydrogen) atoms. The molecular weight excluding hydrogens is 401 g/mol. The second-order valence-electron chi connectivity index (χ2n) is 6.42. The van der Waals surface area contributed by atoms with Crippen LogP contribution in [0.15, 0.2) is 24.3 Å². The van der Waals surface area contributed by atoms with Crippen molar-refractivity contribution in [1.29, 1.82) is 0 Å². The van der Waals surface area contributed by atoms with Crippen LogP contribution in [0, 0.1) is 5.82 Å². The lowest BCUT2D eigenvalue weighted by Crippen LogP contribution is -2.43. The minimum absolute atomic E-state index is 0.0770. The Bertz CT molecular complexity index is 929. The molecule has 1 saturated heterocycles. The monoisotopic (exact) mass is 421 g/mol. The molecule has 5 N–H and O–H groups in total. The number of benzene rings is 1. The maximum Gasteiger partial charge on any atom is 0.272 e. The van der Waals surface area contributed by atoms with Crippen molar-refractivity contribution in [3.63, 3.8) is 0 Å². The third-order valence-electron chi connectivity index (χ3n) is 4.40. The van der Waals surface area contributed by atoms with Gasteiger partial charge in [-0.3, -0.25) is 19.3 Å². The number of anilines is 2. The van der Waals surface area contributed by atoms with E-state index >= 15 is 0 Å². The second-order valence-corrected chi connectivity index (χ2v) is 7.19. The molecule has 0 aliphatic carbocycles. The van der Waals surface area contributed by atoms with E-state index in [4.69, 9.17) is 16.2 Å². The molecule has 154 valence electrons. The lowest BCUT2D eigenvalue weighted by Gasteiger charge is -2.23. The Labute approximate surface area is 170 Å². The van der Waals surface area contributed by atoms with Crippen LogP contribution in [0.5, 0.6) is 0 Å². The maximum atomic E-state index is 14.4. The molecule has 1 atom stereocenters. The molecule has 3 amide bonds. The lowest BCUT2D eigenvalue weighted by atomic mass is 10.2. The van der Waals surface area contributed by atoms with Gasteiger partial charge in [0.2, 0.25) is 5.91 Å². The Morgan fingerprint density at radius 1 is 1.34 bits per heavy atom. The molecule has 1 fully saturated rings. The minimum Gasteiger partial charge on any atom is -0.395 e. The van der Waals surface area contributed by atoms with Crippen molar-refractivity contribution < 1.29 is 23.5 Å². The van der Waals surface area contributed by atoms with Gasteiger partial charge in [-0.2, -0.15) is 4.37 Å². The van der Waals surface area contributed by atoms with E-state index in [1.165, 1.54) is 24.3 Å². The van der Waals surface area contributed by atoms with Gasteiger partial charge in [-0.15, -0.1) is 0 Å². The van der Waals surface area contributed by atoms with Crippen LogP contribution in [0.2, 0.25) is 0 Å². The number of carbonyl (C=O) groups is 3. The minimum atomic E-state index is -0.885. The van der Waals surface area contributed by atoms with Gasteiger partial charge < -0.3 is 21.5 Å². The number of hydrogen-bond acceptors (Lipinski definition) is 7. The number of nitrogen functional groups attached to an aromatic ring is 1. The highest BCUT2D eigenvalue weighted by Crippen LogP contribution is 2.27. The quantitative estimate of drug-likeness (QED) is 0.607. The summed E-state index contributed by atoms with van der Waals surface area (Å²) in [7, 11) is 0. The van der Waals surface area contributed by atoms with Crippen LogP contribution in [-0.4, -0.2) is 47.9 Å². The standard InChI is InChI=1S/C18H20FN5O4S/c19-11-5-1-2-6-12(11)24(9-13(25)22-8-10-4-3-7-28-10)18(27)16-14(20)15(17(21)26)23-29-16/h1-2,5-6,10H,3-4,7-9,20H2,(H2,21,26)(H,22,25). The fourth-order valence-corrected chi connectivity index (χ4v) is 3.68. The topological polar surface area (TPSA) is 141 Å². The molecular formula is C18H20FN5O4S. The number of hydrogen-bond donors (Lipinski definition) is 3. The summed E-state index contributed by atoms with van der Waals surface area (Å²) in [5, 5.41) is 2.69. The van der Waals surface area contributed by atoms with Crippen LogP contribution in [-0.2, 0) is 9.53 Å². The number of rotatable bonds is 7. The van der Waals surface area contributed by atoms with Gasteiger partial charge in [-0.1, -0.05) is 12.1 Å². The van der Waals surface area contributed by atoms with E-state index in [1.807, 2.05) is 0 Å². The number of carbonyl (C=O) groups excluding carboxylic acids is 3. The van der Waals surface area contributed by atoms with Crippen LogP contribution >= 0.6 is 11.5 Å². The van der Waals surface area contributed by atoms with Crippen LogP contribution in [0.3, 0.4) is 0 Å². The molecule has 1 aromatic heterocycles. The Morgan fingerprint density at radius 3 is 2.72 bits per heavy atom. The predicted molar refractivity (Wildman–Crippen MR) is 105 cm³/mol. The van der Waals surface area contributed by atoms with Crippen LogP contribution < -0.4 is 21.7 Å². The maximum absolute atomic E-state index is 14.4. The third kappa shape index (κ3) is 4.69. The van der Waals surface area contributed by atoms with Gasteiger partial charge in [-0.05, 0) is 36.5 Å². The number of amides is 3. The largest absolute Gasteiger partial charge is 0.395 e. The van der Waals surface area contributed by atoms with Crippen molar-refractivity contribution in [3.8, 4) is 0 Å². The zero-order valence-electron chi connectivity index (χ0n) is 15.4. The molecule has 1 aliphatic heterocycles. The van der Waals surface area contributed by atoms with E-state index in [0.29, 0.717) is 24.7 Å². The van der Waals surface area contributed by atoms with E-state index in [-0.39, 0.29) is 28.0 Å². The highest BCUT2D eigenvalue weighted by molar-refractivity contribution is 7.09. The van der Waals surface area contributed by atoms with Gasteiger partial charge in [0.1, 0.15) is 17.2 Å². The number of ether oxygens (including phenoxy) is 1. The van der Waals surface area contributed by atoms with E-state index in [2.05, 4.69) is 9.69 Å². The number of nitrogens with one attached hydrogen (secondary N) is 1. The number of halogens is 1. The molecule has 2 aromatic rings. The Hall–Kier alpha value is -3.05. The SMILES string of the molecule is NC(=O)c1nsc(C(=O)N(CC(=O)NCC2CCCO2)c2ccccc2F)c1N. The summed E-state index contributed by atoms with van der Waals surface area (Å²) in [4.78, 5) is 37.7. The van der Waals surface area contributed by atoms with Crippen molar-refractivity contribution in [2.75, 3.05) is 30.3 Å². The van der Waals surface area contributed by atoms with Crippen molar-refractivity contribution in [1.82, 2.24) is 9.69 Å². The number of aromatic nitrogens is 1. The molecule has 1 unspecified atom stereocenters. The molecule has 3 rings (SSSR count). The summed E-state index contributed by atoms with van der Waals surface area (Å²) in [5.74, 6) is -2.82. The van der Waals surface area contributed by atoms with E-state index < -0.39 is 30.1 Å². The average Bonchev–Trinajstić information content (AvgIpc) is 3.34. The summed E-state index contributed by atoms with van der Waals surface area (Å²) >= 11 is 0.661. The Kier molecular flexibility index (Phi) is 6.39. The smallest absolute Gasteiger partial charge is 0.272 e. The van der Waals surface area contributed by atoms with Crippen molar-refractivity contribution in [2.45, 2.75) is 18.9 Å². The summed E-state index contributed by atoms with van der Waals surface area (Å²) < 4.78 is 23.6. The molecule has 0 saturated carbocycles. The van der Waals surface area contributed by atoms with Crippen LogP contribution in [0.1, 0.15) is 33.0 Å². The molecule has 2 heterocycles. The van der Waals surface area contributed by atoms with Crippen molar-refractivity contribution in [3.05, 3.63) is 40.7 Å². The van der Waals surface area contributed by atoms with Gasteiger partial charge in [-0.25, -0.2) is 4.39 Å². The van der Waals surface area contributed by atoms with E-state index in [1.54, 1.807) is 0 Å². The summed E-state index contributed by atoms with van der Waals surface area (Å²) in [6.07, 6.45) is 1.68. The van der Waals surface area contributed by atoms with Crippen LogP contribution in [0.25, 0.3) is 0 Å². The van der Waals surface area contributed by atoms with Gasteiger partial charge in [0.25, 0.3) is 11.8 Å². The highest BCUT2D eigenvalue weighted by atomic mass is 32.1. The van der Waals surface area contributed by atoms with Crippen LogP contribution in [0.4, 0.5) is 15.8 Å². The molecule has 11 heteroatoms. The lowest BCUT2D eigenvalue weighted by molar-refractivity contribution is -0.120. The number of para-hydroxylation sites is 1. The highest BCUT2D eigenvalue weighted by Gasteiger charge is 2.29. The van der Waals surface area contributed by atoms with Gasteiger partial charge in [0.15, 0.2) is 5.69 Å². The zero-order chi connectivity index (χ0) is 21.0. The van der Waals surface area contributed by atoms with Crippen molar-refractivity contribution >= 4 is 40.6 Å².